The van der Waals surface area contributed by atoms with E-state index in [1.165, 1.54) is 16.8 Å². The summed E-state index contributed by atoms with van der Waals surface area (Å²) in [7, 11) is 0. The number of likely N-dealkylation sites (tertiary alicyclic amines) is 1. The van der Waals surface area contributed by atoms with Gasteiger partial charge in [-0.15, -0.1) is 0 Å². The Bertz CT molecular complexity index is 823. The summed E-state index contributed by atoms with van der Waals surface area (Å²) in [4.78, 5) is 15.1. The number of nitrogens with two attached hydrogens (primary N) is 1. The molecule has 2 N–H and O–H groups in total. The summed E-state index contributed by atoms with van der Waals surface area (Å²) in [5.41, 5.74) is 12.4. The Balaban J connectivity index is 1.77. The van der Waals surface area contributed by atoms with E-state index in [1.807, 2.05) is 9.58 Å². The van der Waals surface area contributed by atoms with E-state index in [1.54, 1.807) is 0 Å². The Kier molecular flexibility index (Phi) is 4.12. The molecule has 1 fully saturated rings. The van der Waals surface area contributed by atoms with E-state index >= 15 is 0 Å². The van der Waals surface area contributed by atoms with Crippen LogP contribution in [0.2, 0.25) is 0 Å². The Morgan fingerprint density at radius 1 is 1.28 bits per heavy atom. The molecule has 5 heteroatoms. The third kappa shape index (κ3) is 2.67. The Labute approximate surface area is 148 Å². The van der Waals surface area contributed by atoms with Crippen LogP contribution >= 0.6 is 0 Å². The predicted molar refractivity (Wildman–Crippen MR) is 98.2 cm³/mol. The SMILES string of the molecule is Cc1ccc(-n2nc(C(=O)N3CCCC3CN)c3c2CCC3)c(C)c1. The van der Waals surface area contributed by atoms with Crippen molar-refractivity contribution in [2.75, 3.05) is 13.1 Å². The Hall–Kier alpha value is -2.14. The van der Waals surface area contributed by atoms with Crippen molar-refractivity contribution in [3.8, 4) is 5.69 Å². The summed E-state index contributed by atoms with van der Waals surface area (Å²) in [6, 6.07) is 6.56. The normalized spacial score (nSPS) is 19.5. The average molecular weight is 338 g/mol. The smallest absolute Gasteiger partial charge is 0.274 e. The van der Waals surface area contributed by atoms with Crippen molar-refractivity contribution in [3.05, 3.63) is 46.3 Å². The lowest BCUT2D eigenvalue weighted by Crippen LogP contribution is -2.40. The number of nitrogens with zero attached hydrogens (tertiary/aromatic N) is 3. The van der Waals surface area contributed by atoms with Gasteiger partial charge in [-0.1, -0.05) is 17.7 Å². The molecule has 2 aliphatic rings. The Morgan fingerprint density at radius 2 is 2.12 bits per heavy atom. The lowest BCUT2D eigenvalue weighted by atomic mass is 10.1. The van der Waals surface area contributed by atoms with Gasteiger partial charge in [-0.3, -0.25) is 4.79 Å². The summed E-state index contributed by atoms with van der Waals surface area (Å²) >= 11 is 0. The highest BCUT2D eigenvalue weighted by molar-refractivity contribution is 5.94. The number of rotatable bonds is 3. The van der Waals surface area contributed by atoms with E-state index in [0.717, 1.165) is 49.9 Å². The molecule has 0 bridgehead atoms. The standard InChI is InChI=1S/C20H26N4O/c1-13-8-9-17(14(2)11-13)24-18-7-3-6-16(18)19(22-24)20(25)23-10-4-5-15(23)12-21/h8-9,11,15H,3-7,10,12,21H2,1-2H3. The van der Waals surface area contributed by atoms with Crippen molar-refractivity contribution in [2.45, 2.75) is 52.0 Å². The molecule has 0 saturated carbocycles. The maximum absolute atomic E-state index is 13.2. The second kappa shape index (κ2) is 6.30. The van der Waals surface area contributed by atoms with Crippen LogP contribution in [0.1, 0.15) is 52.1 Å². The highest BCUT2D eigenvalue weighted by Gasteiger charge is 2.34. The van der Waals surface area contributed by atoms with Gasteiger partial charge in [-0.05, 0) is 57.6 Å². The molecule has 1 aliphatic heterocycles. The van der Waals surface area contributed by atoms with Crippen LogP contribution in [-0.2, 0) is 12.8 Å². The van der Waals surface area contributed by atoms with Gasteiger partial charge in [0.05, 0.1) is 5.69 Å². The third-order valence-electron chi connectivity index (χ3n) is 5.62. The number of carbonyl (C=O) groups is 1. The molecule has 1 aliphatic carbocycles. The molecule has 25 heavy (non-hydrogen) atoms. The molecular weight excluding hydrogens is 312 g/mol. The summed E-state index contributed by atoms with van der Waals surface area (Å²) in [6.45, 7) is 5.54. The number of amides is 1. The van der Waals surface area contributed by atoms with Crippen LogP contribution in [0.15, 0.2) is 18.2 Å². The van der Waals surface area contributed by atoms with Gasteiger partial charge in [0.1, 0.15) is 0 Å². The van der Waals surface area contributed by atoms with Gasteiger partial charge in [-0.25, -0.2) is 4.68 Å². The quantitative estimate of drug-likeness (QED) is 0.935. The monoisotopic (exact) mass is 338 g/mol. The summed E-state index contributed by atoms with van der Waals surface area (Å²) < 4.78 is 2.01. The molecule has 1 aromatic heterocycles. The van der Waals surface area contributed by atoms with Gasteiger partial charge >= 0.3 is 0 Å². The van der Waals surface area contributed by atoms with Crippen LogP contribution in [0.4, 0.5) is 0 Å². The van der Waals surface area contributed by atoms with E-state index in [-0.39, 0.29) is 11.9 Å². The molecule has 1 aromatic carbocycles. The first-order valence-electron chi connectivity index (χ1n) is 9.29. The minimum Gasteiger partial charge on any atom is -0.333 e. The largest absolute Gasteiger partial charge is 0.333 e. The van der Waals surface area contributed by atoms with Crippen LogP contribution in [0, 0.1) is 13.8 Å². The number of aryl methyl sites for hydroxylation is 2. The maximum atomic E-state index is 13.2. The molecule has 5 nitrogen and oxygen atoms in total. The first-order valence-corrected chi connectivity index (χ1v) is 9.29. The van der Waals surface area contributed by atoms with E-state index in [0.29, 0.717) is 12.2 Å². The first-order chi connectivity index (χ1) is 12.1. The number of carbonyl (C=O) groups excluding carboxylic acids is 1. The van der Waals surface area contributed by atoms with Crippen LogP contribution < -0.4 is 5.73 Å². The summed E-state index contributed by atoms with van der Waals surface area (Å²) in [5, 5.41) is 4.79. The molecule has 0 spiro atoms. The predicted octanol–water partition coefficient (Wildman–Crippen LogP) is 2.54. The van der Waals surface area contributed by atoms with Gasteiger partial charge in [-0.2, -0.15) is 5.10 Å². The minimum atomic E-state index is 0.0645. The zero-order valence-electron chi connectivity index (χ0n) is 15.1. The molecule has 2 heterocycles. The zero-order chi connectivity index (χ0) is 17.6. The van der Waals surface area contributed by atoms with Crippen LogP contribution in [0.25, 0.3) is 5.69 Å². The number of fused-ring (bicyclic) bond motifs is 1. The van der Waals surface area contributed by atoms with Crippen LogP contribution in [0.5, 0.6) is 0 Å². The van der Waals surface area contributed by atoms with Crippen molar-refractivity contribution in [1.29, 1.82) is 0 Å². The van der Waals surface area contributed by atoms with Crippen molar-refractivity contribution < 1.29 is 4.79 Å². The molecule has 1 amide bonds. The second-order valence-corrected chi connectivity index (χ2v) is 7.36. The topological polar surface area (TPSA) is 64.2 Å². The lowest BCUT2D eigenvalue weighted by molar-refractivity contribution is 0.0733. The fourth-order valence-electron chi connectivity index (χ4n) is 4.34. The average Bonchev–Trinajstić information content (AvgIpc) is 3.30. The van der Waals surface area contributed by atoms with Gasteiger partial charge < -0.3 is 10.6 Å². The molecule has 4 rings (SSSR count). The number of aromatic nitrogens is 2. The molecule has 1 atom stereocenters. The van der Waals surface area contributed by atoms with Gasteiger partial charge in [0.25, 0.3) is 5.91 Å². The fraction of sp³-hybridized carbons (Fsp3) is 0.500. The van der Waals surface area contributed by atoms with E-state index < -0.39 is 0 Å². The van der Waals surface area contributed by atoms with E-state index in [9.17, 15) is 4.79 Å². The van der Waals surface area contributed by atoms with Gasteiger partial charge in [0, 0.05) is 30.4 Å². The highest BCUT2D eigenvalue weighted by atomic mass is 16.2. The number of hydrogen-bond acceptors (Lipinski definition) is 3. The molecule has 0 radical (unpaired) electrons. The number of hydrogen-bond donors (Lipinski definition) is 1. The zero-order valence-corrected chi connectivity index (χ0v) is 15.1. The van der Waals surface area contributed by atoms with Crippen molar-refractivity contribution in [1.82, 2.24) is 14.7 Å². The molecule has 1 unspecified atom stereocenters. The van der Waals surface area contributed by atoms with Crippen molar-refractivity contribution in [2.24, 2.45) is 5.73 Å². The fourth-order valence-corrected chi connectivity index (χ4v) is 4.34. The molecule has 132 valence electrons. The maximum Gasteiger partial charge on any atom is 0.274 e. The van der Waals surface area contributed by atoms with Gasteiger partial charge in [0.2, 0.25) is 0 Å². The summed E-state index contributed by atoms with van der Waals surface area (Å²) in [5.74, 6) is 0.0645. The molecule has 2 aromatic rings. The lowest BCUT2D eigenvalue weighted by Gasteiger charge is -2.22. The summed E-state index contributed by atoms with van der Waals surface area (Å²) in [6.07, 6.45) is 5.07. The minimum absolute atomic E-state index is 0.0645. The van der Waals surface area contributed by atoms with Crippen LogP contribution in [0.3, 0.4) is 0 Å². The molecular formula is C20H26N4O. The number of benzene rings is 1. The second-order valence-electron chi connectivity index (χ2n) is 7.36. The Morgan fingerprint density at radius 3 is 2.88 bits per heavy atom. The van der Waals surface area contributed by atoms with Crippen molar-refractivity contribution >= 4 is 5.91 Å². The van der Waals surface area contributed by atoms with E-state index in [4.69, 9.17) is 10.8 Å². The highest BCUT2D eigenvalue weighted by Crippen LogP contribution is 2.31. The molecule has 1 saturated heterocycles. The third-order valence-corrected chi connectivity index (χ3v) is 5.62. The van der Waals surface area contributed by atoms with Gasteiger partial charge in [0.15, 0.2) is 5.69 Å². The van der Waals surface area contributed by atoms with E-state index in [2.05, 4.69) is 32.0 Å². The first kappa shape index (κ1) is 16.3. The van der Waals surface area contributed by atoms with Crippen molar-refractivity contribution in [3.63, 3.8) is 0 Å². The van der Waals surface area contributed by atoms with Crippen LogP contribution in [-0.4, -0.2) is 39.7 Å².